The fourth-order valence-electron chi connectivity index (χ4n) is 2.16. The molecule has 0 spiro atoms. The van der Waals surface area contributed by atoms with Gasteiger partial charge in [-0.1, -0.05) is 36.4 Å². The Morgan fingerprint density at radius 3 is 2.20 bits per heavy atom. The normalized spacial score (nSPS) is 11.3. The summed E-state index contributed by atoms with van der Waals surface area (Å²) in [7, 11) is 4.19. The van der Waals surface area contributed by atoms with Crippen LogP contribution in [0.2, 0.25) is 0 Å². The van der Waals surface area contributed by atoms with Crippen molar-refractivity contribution < 1.29 is 0 Å². The van der Waals surface area contributed by atoms with Crippen molar-refractivity contribution in [3.63, 3.8) is 0 Å². The van der Waals surface area contributed by atoms with Crippen LogP contribution in [0.15, 0.2) is 42.5 Å². The quantitative estimate of drug-likeness (QED) is 0.605. The Hall–Kier alpha value is -1.76. The van der Waals surface area contributed by atoms with E-state index in [1.807, 2.05) is 0 Å². The minimum absolute atomic E-state index is 1.34. The van der Waals surface area contributed by atoms with Crippen molar-refractivity contribution in [1.29, 1.82) is 0 Å². The smallest absolute Gasteiger partial charge is 0.0447 e. The lowest BCUT2D eigenvalue weighted by Crippen LogP contribution is -2.07. The second-order valence-corrected chi connectivity index (χ2v) is 4.14. The Morgan fingerprint density at radius 1 is 0.800 bits per heavy atom. The van der Waals surface area contributed by atoms with Gasteiger partial charge in [-0.15, -0.1) is 0 Å². The molecule has 0 amide bonds. The molecule has 0 radical (unpaired) electrons. The number of rotatable bonds is 2. The molecular formula is C14H13N. The van der Waals surface area contributed by atoms with E-state index < -0.39 is 0 Å². The molecule has 0 unspecified atom stereocenters. The van der Waals surface area contributed by atoms with E-state index in [1.54, 1.807) is 0 Å². The van der Waals surface area contributed by atoms with Gasteiger partial charge in [-0.05, 0) is 22.8 Å². The summed E-state index contributed by atoms with van der Waals surface area (Å²) < 4.78 is 0. The summed E-state index contributed by atoms with van der Waals surface area (Å²) in [6, 6.07) is 15.0. The van der Waals surface area contributed by atoms with Gasteiger partial charge in [0.15, 0.2) is 0 Å². The Kier molecular flexibility index (Phi) is 1.63. The highest BCUT2D eigenvalue weighted by Crippen LogP contribution is 2.56. The van der Waals surface area contributed by atoms with Gasteiger partial charge in [-0.25, -0.2) is 0 Å². The Morgan fingerprint density at radius 2 is 1.53 bits per heavy atom. The number of anilines is 1. The third kappa shape index (κ3) is 1.16. The fourth-order valence-corrected chi connectivity index (χ4v) is 2.16. The van der Waals surface area contributed by atoms with Gasteiger partial charge in [0.1, 0.15) is 0 Å². The van der Waals surface area contributed by atoms with Crippen LogP contribution in [0.4, 0.5) is 5.69 Å². The molecule has 2 aliphatic rings. The molecule has 0 aliphatic heterocycles. The maximum Gasteiger partial charge on any atom is 0.0447 e. The number of fused-ring (bicyclic) bond motifs is 1. The van der Waals surface area contributed by atoms with Gasteiger partial charge in [-0.2, -0.15) is 0 Å². The fraction of sp³-hybridized carbons (Fsp3) is 0.143. The zero-order valence-corrected chi connectivity index (χ0v) is 8.99. The zero-order chi connectivity index (χ0) is 10.4. The van der Waals surface area contributed by atoms with Crippen molar-refractivity contribution in [2.24, 2.45) is 0 Å². The van der Waals surface area contributed by atoms with Crippen LogP contribution in [-0.2, 0) is 0 Å². The SMILES string of the molecule is CN(C)c1ccc2c(-c3ccccc3)c1-2. The molecule has 0 saturated carbocycles. The highest BCUT2D eigenvalue weighted by atomic mass is 15.1. The first-order valence-corrected chi connectivity index (χ1v) is 5.19. The summed E-state index contributed by atoms with van der Waals surface area (Å²) in [5.41, 5.74) is 6.97. The van der Waals surface area contributed by atoms with E-state index in [4.69, 9.17) is 0 Å². The van der Waals surface area contributed by atoms with E-state index in [9.17, 15) is 0 Å². The molecule has 0 saturated heterocycles. The first kappa shape index (κ1) is 8.54. The van der Waals surface area contributed by atoms with Crippen molar-refractivity contribution in [3.05, 3.63) is 42.5 Å². The van der Waals surface area contributed by atoms with E-state index >= 15 is 0 Å². The lowest BCUT2D eigenvalue weighted by molar-refractivity contribution is 1.14. The van der Waals surface area contributed by atoms with Crippen LogP contribution < -0.4 is 4.90 Å². The third-order valence-electron chi connectivity index (χ3n) is 2.93. The van der Waals surface area contributed by atoms with Gasteiger partial charge in [0.05, 0.1) is 0 Å². The summed E-state index contributed by atoms with van der Waals surface area (Å²) in [6.45, 7) is 0. The molecule has 1 nitrogen and oxygen atoms in total. The molecule has 15 heavy (non-hydrogen) atoms. The summed E-state index contributed by atoms with van der Waals surface area (Å²) in [6.07, 6.45) is 0. The molecule has 0 N–H and O–H groups in total. The van der Waals surface area contributed by atoms with Crippen LogP contribution in [0.25, 0.3) is 22.3 Å². The average molecular weight is 195 g/mol. The number of hydrogen-bond donors (Lipinski definition) is 0. The Balaban J connectivity index is 2.08. The molecule has 2 aliphatic carbocycles. The van der Waals surface area contributed by atoms with Gasteiger partial charge in [0, 0.05) is 25.3 Å². The molecule has 3 rings (SSSR count). The van der Waals surface area contributed by atoms with Gasteiger partial charge >= 0.3 is 0 Å². The molecule has 1 heteroatoms. The third-order valence-corrected chi connectivity index (χ3v) is 2.93. The first-order valence-electron chi connectivity index (χ1n) is 5.19. The maximum atomic E-state index is 2.22. The largest absolute Gasteiger partial charge is 0.377 e. The summed E-state index contributed by atoms with van der Waals surface area (Å²) in [4.78, 5) is 2.18. The number of benzene rings is 2. The monoisotopic (exact) mass is 195 g/mol. The van der Waals surface area contributed by atoms with Crippen molar-refractivity contribution in [2.75, 3.05) is 19.0 Å². The standard InChI is InChI=1S/C14H13N/c1-15(2)12-9-8-11-13(14(11)12)10-6-4-3-5-7-10/h3-9H,1-2H3. The van der Waals surface area contributed by atoms with Crippen LogP contribution in [0.1, 0.15) is 0 Å². The van der Waals surface area contributed by atoms with Crippen molar-refractivity contribution in [2.45, 2.75) is 0 Å². The lowest BCUT2D eigenvalue weighted by Gasteiger charge is -2.09. The molecule has 0 heterocycles. The molecule has 0 atom stereocenters. The number of hydrogen-bond acceptors (Lipinski definition) is 1. The topological polar surface area (TPSA) is 3.24 Å². The molecule has 1 aromatic rings. The van der Waals surface area contributed by atoms with E-state index in [0.717, 1.165) is 0 Å². The van der Waals surface area contributed by atoms with E-state index in [-0.39, 0.29) is 0 Å². The summed E-state index contributed by atoms with van der Waals surface area (Å²) in [5.74, 6) is 0. The van der Waals surface area contributed by atoms with Crippen LogP contribution in [0.5, 0.6) is 0 Å². The molecule has 74 valence electrons. The highest BCUT2D eigenvalue weighted by molar-refractivity contribution is 6.14. The predicted octanol–water partition coefficient (Wildman–Crippen LogP) is 3.40. The lowest BCUT2D eigenvalue weighted by atomic mass is 10.2. The Labute approximate surface area is 90.0 Å². The van der Waals surface area contributed by atoms with Crippen LogP contribution >= 0.6 is 0 Å². The van der Waals surface area contributed by atoms with Gasteiger partial charge < -0.3 is 4.90 Å². The number of nitrogens with zero attached hydrogens (tertiary/aromatic N) is 1. The molecule has 0 fully saturated rings. The van der Waals surface area contributed by atoms with E-state index in [2.05, 4.69) is 61.5 Å². The van der Waals surface area contributed by atoms with Crippen LogP contribution in [-0.4, -0.2) is 14.1 Å². The summed E-state index contributed by atoms with van der Waals surface area (Å²) >= 11 is 0. The molecule has 0 bridgehead atoms. The second kappa shape index (κ2) is 2.86. The minimum atomic E-state index is 1.34. The van der Waals surface area contributed by atoms with Crippen molar-refractivity contribution in [3.8, 4) is 22.3 Å². The van der Waals surface area contributed by atoms with Crippen LogP contribution in [0, 0.1) is 0 Å². The molecule has 1 aromatic carbocycles. The summed E-state index contributed by atoms with van der Waals surface area (Å²) in [5, 5.41) is 0. The van der Waals surface area contributed by atoms with E-state index in [1.165, 1.54) is 27.9 Å². The highest BCUT2D eigenvalue weighted by Gasteiger charge is 2.29. The van der Waals surface area contributed by atoms with Gasteiger partial charge in [-0.3, -0.25) is 0 Å². The van der Waals surface area contributed by atoms with Gasteiger partial charge in [0.2, 0.25) is 0 Å². The van der Waals surface area contributed by atoms with Crippen molar-refractivity contribution in [1.82, 2.24) is 0 Å². The predicted molar refractivity (Wildman–Crippen MR) is 65.2 cm³/mol. The maximum absolute atomic E-state index is 2.22. The second-order valence-electron chi connectivity index (χ2n) is 4.14. The van der Waals surface area contributed by atoms with Gasteiger partial charge in [0.25, 0.3) is 0 Å². The molecular weight excluding hydrogens is 182 g/mol. The zero-order valence-electron chi connectivity index (χ0n) is 8.99. The Bertz CT molecular complexity index is 512. The van der Waals surface area contributed by atoms with E-state index in [0.29, 0.717) is 0 Å². The van der Waals surface area contributed by atoms with Crippen molar-refractivity contribution >= 4 is 5.69 Å². The van der Waals surface area contributed by atoms with Crippen LogP contribution in [0.3, 0.4) is 0 Å². The average Bonchev–Trinajstić information content (AvgIpc) is 2.79. The first-order chi connectivity index (χ1) is 7.29. The minimum Gasteiger partial charge on any atom is -0.377 e. The molecule has 0 aromatic heterocycles.